The highest BCUT2D eigenvalue weighted by atomic mass is 127. The van der Waals surface area contributed by atoms with Crippen molar-refractivity contribution in [1.82, 2.24) is 19.5 Å². The van der Waals surface area contributed by atoms with E-state index in [0.717, 1.165) is 0 Å². The number of hydrogen-bond acceptors (Lipinski definition) is 8. The van der Waals surface area contributed by atoms with Crippen LogP contribution in [0.25, 0.3) is 11.2 Å². The zero-order valence-electron chi connectivity index (χ0n) is 15.3. The van der Waals surface area contributed by atoms with Crippen molar-refractivity contribution in [3.05, 3.63) is 10.2 Å². The molecule has 3 rings (SSSR count). The third-order valence-electron chi connectivity index (χ3n) is 4.82. The van der Waals surface area contributed by atoms with Crippen molar-refractivity contribution in [2.45, 2.75) is 31.9 Å². The first kappa shape index (κ1) is 23.0. The van der Waals surface area contributed by atoms with Gasteiger partial charge in [0.1, 0.15) is 0 Å². The Bertz CT molecular complexity index is 1010. The van der Waals surface area contributed by atoms with Crippen molar-refractivity contribution in [2.24, 2.45) is 5.41 Å². The molecule has 0 amide bonds. The molecule has 0 saturated heterocycles. The van der Waals surface area contributed by atoms with Gasteiger partial charge in [0.2, 0.25) is 0 Å². The molecule has 16 heteroatoms. The largest absolute Gasteiger partial charge is 0.469 e. The van der Waals surface area contributed by atoms with Gasteiger partial charge in [0, 0.05) is 41.1 Å². The van der Waals surface area contributed by atoms with Crippen molar-refractivity contribution in [3.8, 4) is 0 Å². The van der Waals surface area contributed by atoms with Gasteiger partial charge in [-0.15, -0.1) is 0 Å². The van der Waals surface area contributed by atoms with Gasteiger partial charge < -0.3 is 29.5 Å². The Morgan fingerprint density at radius 1 is 1.31 bits per heavy atom. The number of rotatable bonds is 7. The van der Waals surface area contributed by atoms with Crippen molar-refractivity contribution < 1.29 is 37.8 Å². The summed E-state index contributed by atoms with van der Waals surface area (Å²) in [6, 6.07) is -0.350. The predicted octanol–water partition coefficient (Wildman–Crippen LogP) is 1.40. The first-order valence-corrected chi connectivity index (χ1v) is 12.5. The molecule has 1 aliphatic rings. The van der Waals surface area contributed by atoms with Crippen LogP contribution >= 0.6 is 38.2 Å². The molecule has 0 radical (unpaired) electrons. The van der Waals surface area contributed by atoms with E-state index >= 15 is 0 Å². The second kappa shape index (κ2) is 8.09. The molecular formula is C13H20IN5O8P2. The maximum atomic E-state index is 11.4. The van der Waals surface area contributed by atoms with Crippen LogP contribution in [0.3, 0.4) is 0 Å². The lowest BCUT2D eigenvalue weighted by Crippen LogP contribution is -2.33. The lowest BCUT2D eigenvalue weighted by atomic mass is 9.87. The van der Waals surface area contributed by atoms with Crippen molar-refractivity contribution in [2.75, 3.05) is 19.0 Å². The van der Waals surface area contributed by atoms with Crippen LogP contribution in [0.1, 0.15) is 25.8 Å². The van der Waals surface area contributed by atoms with Gasteiger partial charge in [-0.2, -0.15) is 0 Å². The van der Waals surface area contributed by atoms with Gasteiger partial charge in [0.05, 0.1) is 19.0 Å². The number of halogens is 1. The molecule has 0 spiro atoms. The second-order valence-electron chi connectivity index (χ2n) is 7.01. The molecule has 1 fully saturated rings. The van der Waals surface area contributed by atoms with E-state index < -0.39 is 33.8 Å². The zero-order valence-corrected chi connectivity index (χ0v) is 19.3. The second-order valence-corrected chi connectivity index (χ2v) is 10.4. The summed E-state index contributed by atoms with van der Waals surface area (Å²) < 4.78 is 34.4. The van der Waals surface area contributed by atoms with Crippen molar-refractivity contribution >= 4 is 55.2 Å². The van der Waals surface area contributed by atoms with Gasteiger partial charge in [-0.05, 0) is 12.8 Å². The molecule has 1 saturated carbocycles. The van der Waals surface area contributed by atoms with Crippen LogP contribution in [0.5, 0.6) is 0 Å². The molecule has 2 heterocycles. The van der Waals surface area contributed by atoms with E-state index in [-0.39, 0.29) is 18.9 Å². The molecule has 3 atom stereocenters. The highest BCUT2D eigenvalue weighted by Gasteiger charge is 2.49. The zero-order chi connectivity index (χ0) is 21.6. The Morgan fingerprint density at radius 3 is 2.59 bits per heavy atom. The maximum absolute atomic E-state index is 11.4. The van der Waals surface area contributed by atoms with Gasteiger partial charge in [-0.25, -0.2) is 24.1 Å². The number of anilines is 1. The summed E-state index contributed by atoms with van der Waals surface area (Å²) >= 11 is 1.97. The molecule has 29 heavy (non-hydrogen) atoms. The van der Waals surface area contributed by atoms with Crippen molar-refractivity contribution in [3.63, 3.8) is 0 Å². The summed E-state index contributed by atoms with van der Waals surface area (Å²) in [6.45, 7) is 1.15. The molecule has 0 aromatic carbocycles. The normalized spacial score (nSPS) is 25.6. The average molecular weight is 563 g/mol. The summed E-state index contributed by atoms with van der Waals surface area (Å²) in [7, 11) is -7.91. The van der Waals surface area contributed by atoms with Gasteiger partial charge >= 0.3 is 15.6 Å². The van der Waals surface area contributed by atoms with E-state index in [1.807, 2.05) is 22.6 Å². The Labute approximate surface area is 178 Å². The average Bonchev–Trinajstić information content (AvgIpc) is 3.12. The fraction of sp³-hybridized carbons (Fsp3) is 0.615. The number of fused-ring (bicyclic) bond motifs is 1. The summed E-state index contributed by atoms with van der Waals surface area (Å²) in [6.07, 6.45) is 0.957. The Morgan fingerprint density at radius 2 is 2.00 bits per heavy atom. The van der Waals surface area contributed by atoms with Gasteiger partial charge in [-0.3, -0.25) is 9.05 Å². The van der Waals surface area contributed by atoms with Crippen LogP contribution in [0, 0.1) is 9.25 Å². The van der Waals surface area contributed by atoms with Crippen LogP contribution in [-0.2, 0) is 18.2 Å². The molecule has 0 aliphatic heterocycles. The smallest absolute Gasteiger partial charge is 0.371 e. The molecule has 2 aromatic heterocycles. The number of aromatic nitrogens is 4. The van der Waals surface area contributed by atoms with E-state index in [1.165, 1.54) is 0 Å². The van der Waals surface area contributed by atoms with Gasteiger partial charge in [-0.1, -0.05) is 6.92 Å². The third kappa shape index (κ3) is 5.32. The topological polar surface area (TPSA) is 189 Å². The molecule has 1 aliphatic carbocycles. The molecule has 13 nitrogen and oxygen atoms in total. The molecule has 5 N–H and O–H groups in total. The van der Waals surface area contributed by atoms with E-state index in [4.69, 9.17) is 14.3 Å². The van der Waals surface area contributed by atoms with Crippen molar-refractivity contribution in [1.29, 1.82) is 0 Å². The van der Waals surface area contributed by atoms with Gasteiger partial charge in [0.15, 0.2) is 20.8 Å². The minimum absolute atomic E-state index is 0.160. The number of nitrogens with one attached hydrogen (secondary N) is 1. The van der Waals surface area contributed by atoms with E-state index in [9.17, 15) is 18.9 Å². The SMILES string of the molecule is CNc1nc(I)nc2c1ncn2[C@H]1C[C@H](OP(=O)(O)O)C(C)(COP(=O)(O)O)C1. The summed E-state index contributed by atoms with van der Waals surface area (Å²) in [5, 5.41) is 2.94. The van der Waals surface area contributed by atoms with Crippen LogP contribution in [-0.4, -0.2) is 58.9 Å². The highest BCUT2D eigenvalue weighted by Crippen LogP contribution is 2.54. The quantitative estimate of drug-likeness (QED) is 0.185. The van der Waals surface area contributed by atoms with E-state index in [1.54, 1.807) is 24.9 Å². The number of hydrogen-bond donors (Lipinski definition) is 5. The Hall–Kier alpha value is -0.700. The predicted molar refractivity (Wildman–Crippen MR) is 109 cm³/mol. The first-order valence-electron chi connectivity index (χ1n) is 8.33. The molecule has 162 valence electrons. The Kier molecular flexibility index (Phi) is 6.41. The van der Waals surface area contributed by atoms with Crippen LogP contribution < -0.4 is 5.32 Å². The van der Waals surface area contributed by atoms with E-state index in [2.05, 4.69) is 24.8 Å². The number of nitrogens with zero attached hydrogens (tertiary/aromatic N) is 4. The van der Waals surface area contributed by atoms with Crippen LogP contribution in [0.15, 0.2) is 6.33 Å². The lowest BCUT2D eigenvalue weighted by Gasteiger charge is -2.30. The lowest BCUT2D eigenvalue weighted by molar-refractivity contribution is 0.0168. The minimum Gasteiger partial charge on any atom is -0.371 e. The molecule has 2 aromatic rings. The standard InChI is InChI=1S/C13H20IN5O8P2/c1-13(5-26-28(20,21)22)4-7(3-8(13)27-29(23,24)25)19-6-16-9-10(15-2)17-12(14)18-11(9)19/h6-8H,3-5H2,1-2H3,(H,15,17,18)(H2,20,21,22)(H2,23,24,25)/t7-,8-,13?/m0/s1. The van der Waals surface area contributed by atoms with E-state index in [0.29, 0.717) is 20.8 Å². The summed E-state index contributed by atoms with van der Waals surface area (Å²) in [4.78, 5) is 49.6. The maximum Gasteiger partial charge on any atom is 0.469 e. The number of phosphoric acid groups is 2. The van der Waals surface area contributed by atoms with Crippen LogP contribution in [0.4, 0.5) is 5.82 Å². The van der Waals surface area contributed by atoms with Gasteiger partial charge in [0.25, 0.3) is 0 Å². The Balaban J connectivity index is 1.97. The third-order valence-corrected chi connectivity index (χ3v) is 6.29. The molecule has 1 unspecified atom stereocenters. The fourth-order valence-corrected chi connectivity index (χ4v) is 5.15. The number of imidazole rings is 1. The monoisotopic (exact) mass is 563 g/mol. The van der Waals surface area contributed by atoms with Crippen LogP contribution in [0.2, 0.25) is 0 Å². The summed E-state index contributed by atoms with van der Waals surface area (Å²) in [5.74, 6) is 0.534. The first-order chi connectivity index (χ1) is 13.3. The number of phosphoric ester groups is 2. The fourth-order valence-electron chi connectivity index (χ4n) is 3.55. The molecular weight excluding hydrogens is 543 g/mol. The molecule has 0 bridgehead atoms. The minimum atomic E-state index is -4.84. The highest BCUT2D eigenvalue weighted by molar-refractivity contribution is 14.1. The summed E-state index contributed by atoms with van der Waals surface area (Å²) in [5.41, 5.74) is -0.0236.